The molecule has 0 saturated heterocycles. The number of carbonyl (C=O) groups excluding carboxylic acids is 2. The molecule has 0 aromatic carbocycles. The minimum absolute atomic E-state index is 0.0107. The third-order valence-electron chi connectivity index (χ3n) is 3.80. The van der Waals surface area contributed by atoms with Crippen LogP contribution >= 0.6 is 0 Å². The number of fused-ring (bicyclic) bond motifs is 1. The monoisotopic (exact) mass is 276 g/mol. The largest absolute Gasteiger partial charge is 0.294 e. The Bertz CT molecular complexity index is 541. The van der Waals surface area contributed by atoms with Gasteiger partial charge in [-0.2, -0.15) is 5.10 Å². The van der Waals surface area contributed by atoms with Crippen molar-refractivity contribution in [1.82, 2.24) is 9.78 Å². The minimum Gasteiger partial charge on any atom is -0.294 e. The van der Waals surface area contributed by atoms with Crippen molar-refractivity contribution >= 4 is 11.7 Å². The highest BCUT2D eigenvalue weighted by atomic mass is 16.2. The number of nitrogens with zero attached hydrogens (tertiary/aromatic N) is 2. The fraction of sp³-hybridized carbons (Fsp3) is 0.688. The van der Waals surface area contributed by atoms with Crippen molar-refractivity contribution in [3.05, 3.63) is 17.0 Å². The van der Waals surface area contributed by atoms with E-state index in [2.05, 4.69) is 25.9 Å². The van der Waals surface area contributed by atoms with Crippen LogP contribution in [-0.4, -0.2) is 21.5 Å². The summed E-state index contributed by atoms with van der Waals surface area (Å²) in [5.41, 5.74) is 2.30. The summed E-state index contributed by atoms with van der Waals surface area (Å²) in [5, 5.41) is 4.46. The van der Waals surface area contributed by atoms with Gasteiger partial charge in [0.05, 0.1) is 17.0 Å². The Morgan fingerprint density at radius 2 is 1.95 bits per heavy atom. The molecule has 4 heteroatoms. The van der Waals surface area contributed by atoms with Crippen molar-refractivity contribution in [2.24, 2.45) is 5.41 Å². The molecule has 0 saturated carbocycles. The Morgan fingerprint density at radius 1 is 1.25 bits per heavy atom. The zero-order valence-corrected chi connectivity index (χ0v) is 13.0. The molecule has 1 aliphatic carbocycles. The summed E-state index contributed by atoms with van der Waals surface area (Å²) < 4.78 is 1.52. The number of rotatable bonds is 4. The molecule has 1 aromatic rings. The van der Waals surface area contributed by atoms with Crippen LogP contribution in [0.25, 0.3) is 0 Å². The van der Waals surface area contributed by atoms with Crippen molar-refractivity contribution < 1.29 is 9.59 Å². The Hall–Kier alpha value is -1.45. The average Bonchev–Trinajstić information content (AvgIpc) is 2.67. The van der Waals surface area contributed by atoms with E-state index >= 15 is 0 Å². The lowest BCUT2D eigenvalue weighted by Gasteiger charge is -2.28. The van der Waals surface area contributed by atoms with Gasteiger partial charge in [0.2, 0.25) is 5.91 Å². The Labute approximate surface area is 120 Å². The van der Waals surface area contributed by atoms with Gasteiger partial charge < -0.3 is 0 Å². The SMILES string of the molecule is CCCC(=O)n1nc(CCC)c2c1CC(C)(C)CC2=O. The van der Waals surface area contributed by atoms with E-state index < -0.39 is 0 Å². The molecule has 0 N–H and O–H groups in total. The van der Waals surface area contributed by atoms with Crippen LogP contribution in [0.2, 0.25) is 0 Å². The predicted molar refractivity (Wildman–Crippen MR) is 78.2 cm³/mol. The lowest BCUT2D eigenvalue weighted by molar-refractivity contribution is 0.0871. The van der Waals surface area contributed by atoms with Gasteiger partial charge in [-0.15, -0.1) is 0 Å². The van der Waals surface area contributed by atoms with Gasteiger partial charge in [-0.25, -0.2) is 4.68 Å². The first-order valence-corrected chi connectivity index (χ1v) is 7.56. The van der Waals surface area contributed by atoms with Crippen LogP contribution < -0.4 is 0 Å². The molecule has 4 nitrogen and oxygen atoms in total. The lowest BCUT2D eigenvalue weighted by Crippen LogP contribution is -2.29. The van der Waals surface area contributed by atoms with Crippen LogP contribution in [-0.2, 0) is 12.8 Å². The molecule has 0 fully saturated rings. The van der Waals surface area contributed by atoms with Crippen molar-refractivity contribution in [3.63, 3.8) is 0 Å². The molecular weight excluding hydrogens is 252 g/mol. The molecule has 0 aliphatic heterocycles. The third-order valence-corrected chi connectivity index (χ3v) is 3.80. The van der Waals surface area contributed by atoms with E-state index in [4.69, 9.17) is 0 Å². The van der Waals surface area contributed by atoms with E-state index in [1.807, 2.05) is 6.92 Å². The topological polar surface area (TPSA) is 52.0 Å². The molecule has 0 spiro atoms. The zero-order chi connectivity index (χ0) is 14.9. The molecule has 2 rings (SSSR count). The number of carbonyl (C=O) groups is 2. The van der Waals surface area contributed by atoms with E-state index in [-0.39, 0.29) is 17.1 Å². The first-order valence-electron chi connectivity index (χ1n) is 7.56. The summed E-state index contributed by atoms with van der Waals surface area (Å²) in [6.07, 6.45) is 4.27. The Kier molecular flexibility index (Phi) is 4.11. The van der Waals surface area contributed by atoms with Crippen molar-refractivity contribution in [2.45, 2.75) is 66.2 Å². The second-order valence-electron chi connectivity index (χ2n) is 6.51. The second kappa shape index (κ2) is 5.51. The van der Waals surface area contributed by atoms with E-state index in [0.29, 0.717) is 12.8 Å². The smallest absolute Gasteiger partial charge is 0.247 e. The Morgan fingerprint density at radius 3 is 2.55 bits per heavy atom. The molecule has 1 heterocycles. The molecule has 0 unspecified atom stereocenters. The fourth-order valence-corrected chi connectivity index (χ4v) is 2.97. The van der Waals surface area contributed by atoms with Gasteiger partial charge in [0.25, 0.3) is 0 Å². The van der Waals surface area contributed by atoms with Crippen LogP contribution in [0.3, 0.4) is 0 Å². The summed E-state index contributed by atoms with van der Waals surface area (Å²) in [4.78, 5) is 24.7. The molecule has 0 atom stereocenters. The molecular formula is C16H24N2O2. The number of hydrogen-bond donors (Lipinski definition) is 0. The maximum absolute atomic E-state index is 12.4. The van der Waals surface area contributed by atoms with Gasteiger partial charge >= 0.3 is 0 Å². The van der Waals surface area contributed by atoms with E-state index in [1.54, 1.807) is 0 Å². The quantitative estimate of drug-likeness (QED) is 0.846. The molecule has 0 bridgehead atoms. The maximum Gasteiger partial charge on any atom is 0.247 e. The Balaban J connectivity index is 2.52. The van der Waals surface area contributed by atoms with Gasteiger partial charge in [-0.1, -0.05) is 34.1 Å². The molecule has 0 radical (unpaired) electrons. The van der Waals surface area contributed by atoms with Crippen LogP contribution in [0.5, 0.6) is 0 Å². The van der Waals surface area contributed by atoms with E-state index in [9.17, 15) is 9.59 Å². The first kappa shape index (κ1) is 14.9. The van der Waals surface area contributed by atoms with Gasteiger partial charge in [-0.05, 0) is 24.7 Å². The fourth-order valence-electron chi connectivity index (χ4n) is 2.97. The van der Waals surface area contributed by atoms with Crippen LogP contribution in [0, 0.1) is 5.41 Å². The highest BCUT2D eigenvalue weighted by Gasteiger charge is 2.37. The summed E-state index contributed by atoms with van der Waals surface area (Å²) >= 11 is 0. The lowest BCUT2D eigenvalue weighted by atomic mass is 9.75. The highest BCUT2D eigenvalue weighted by molar-refractivity contribution is 6.00. The molecule has 110 valence electrons. The molecule has 20 heavy (non-hydrogen) atoms. The number of hydrogen-bond acceptors (Lipinski definition) is 3. The van der Waals surface area contributed by atoms with Gasteiger partial charge in [0.1, 0.15) is 0 Å². The van der Waals surface area contributed by atoms with Gasteiger partial charge in [0, 0.05) is 12.8 Å². The van der Waals surface area contributed by atoms with Crippen molar-refractivity contribution in [3.8, 4) is 0 Å². The van der Waals surface area contributed by atoms with Gasteiger partial charge in [0.15, 0.2) is 5.78 Å². The maximum atomic E-state index is 12.4. The van der Waals surface area contributed by atoms with Crippen LogP contribution in [0.4, 0.5) is 0 Å². The highest BCUT2D eigenvalue weighted by Crippen LogP contribution is 2.36. The second-order valence-corrected chi connectivity index (χ2v) is 6.51. The van der Waals surface area contributed by atoms with Crippen molar-refractivity contribution in [1.29, 1.82) is 0 Å². The van der Waals surface area contributed by atoms with Crippen molar-refractivity contribution in [2.75, 3.05) is 0 Å². The van der Waals surface area contributed by atoms with E-state index in [0.717, 1.165) is 42.6 Å². The summed E-state index contributed by atoms with van der Waals surface area (Å²) in [7, 11) is 0. The zero-order valence-electron chi connectivity index (χ0n) is 13.0. The molecule has 1 aromatic heterocycles. The number of aromatic nitrogens is 2. The summed E-state index contributed by atoms with van der Waals surface area (Å²) in [6, 6.07) is 0. The first-order chi connectivity index (χ1) is 9.39. The normalized spacial score (nSPS) is 17.1. The van der Waals surface area contributed by atoms with Crippen LogP contribution in [0.1, 0.15) is 79.9 Å². The molecule has 0 amide bonds. The van der Waals surface area contributed by atoms with E-state index in [1.165, 1.54) is 4.68 Å². The third kappa shape index (κ3) is 2.69. The molecule has 1 aliphatic rings. The average molecular weight is 276 g/mol. The van der Waals surface area contributed by atoms with Gasteiger partial charge in [-0.3, -0.25) is 9.59 Å². The minimum atomic E-state index is -0.0855. The number of aryl methyl sites for hydroxylation is 1. The van der Waals surface area contributed by atoms with Crippen LogP contribution in [0.15, 0.2) is 0 Å². The number of Topliss-reactive ketones (excluding diaryl/α,β-unsaturated/α-hetero) is 1. The summed E-state index contributed by atoms with van der Waals surface area (Å²) in [5.74, 6) is 0.159. The standard InChI is InChI=1S/C16H24N2O2/c1-5-7-11-15-12(9-16(3,4)10-13(15)19)18(17-11)14(20)8-6-2/h5-10H2,1-4H3. The predicted octanol–water partition coefficient (Wildman–Crippen LogP) is 3.43. The number of ketones is 1. The summed E-state index contributed by atoms with van der Waals surface area (Å²) in [6.45, 7) is 8.20.